The van der Waals surface area contributed by atoms with Gasteiger partial charge in [0.1, 0.15) is 36.8 Å². The van der Waals surface area contributed by atoms with Gasteiger partial charge in [-0.1, -0.05) is 35.0 Å². The number of phenolic OH excluding ortho intramolecular Hbond substituents is 1. The van der Waals surface area contributed by atoms with Crippen LogP contribution in [-0.2, 0) is 49.3 Å². The van der Waals surface area contributed by atoms with Gasteiger partial charge in [0.05, 0.1) is 42.7 Å². The first-order valence-corrected chi connectivity index (χ1v) is 21.6. The molecule has 3 aliphatic rings. The molecule has 0 spiro atoms. The minimum atomic E-state index is -2.11. The molecule has 0 saturated carbocycles. The first kappa shape index (κ1) is 54.2. The van der Waals surface area contributed by atoms with Crippen molar-refractivity contribution < 1.29 is 92.9 Å². The lowest BCUT2D eigenvalue weighted by atomic mass is 9.98. The molecular weight excluding hydrogens is 917 g/mol. The van der Waals surface area contributed by atoms with Crippen LogP contribution >= 0.6 is 12.3 Å². The van der Waals surface area contributed by atoms with Crippen LogP contribution in [0.25, 0.3) is 0 Å². The standard InChI is InChI=1S/C39H58N8O19S/c1-4-9-63-39(61)41-8-7-25(52)30-38(60)47-15-17(2)32(54)31(47)36(58)42-14-20(49)12-22(40)33(55)43-28(18(3)48)37(59)46-16-21(50)13-23(46)34(56)44-29(35(57)45-30)26(53)10-19-5-6-24(51)27(11-19)64-67-66-65-62/h4-6,11,17-18,20-23,25-26,28-32,48-54,62H,1,7-10,12-16,40H2,2-3H3,(H,41,61)(H,42,58)(H,43,55)(H,44,56)(H,45,57)/t17-,18+,20+,21+,22+,23+,25-,26-,28+,29+,30+,31+,32+/m1/s1. The van der Waals surface area contributed by atoms with Gasteiger partial charge in [-0.15, -0.1) is 0 Å². The zero-order valence-corrected chi connectivity index (χ0v) is 37.2. The minimum Gasteiger partial charge on any atom is -0.504 e. The topological polar surface area (TPSA) is 411 Å². The van der Waals surface area contributed by atoms with E-state index in [9.17, 15) is 69.3 Å². The van der Waals surface area contributed by atoms with E-state index in [1.54, 1.807) is 0 Å². The lowest BCUT2D eigenvalue weighted by Crippen LogP contribution is -2.64. The summed E-state index contributed by atoms with van der Waals surface area (Å²) in [5.74, 6) is -8.35. The zero-order chi connectivity index (χ0) is 49.7. The number of fused-ring (bicyclic) bond motifs is 2. The van der Waals surface area contributed by atoms with Crippen molar-refractivity contribution in [1.82, 2.24) is 36.4 Å². The number of carbonyl (C=O) groups excluding carboxylic acids is 7. The normalized spacial score (nSPS) is 29.5. The Hall–Kier alpha value is -5.40. The average Bonchev–Trinajstić information content (AvgIpc) is 3.82. The summed E-state index contributed by atoms with van der Waals surface area (Å²) in [6.07, 6.45) is -11.6. The van der Waals surface area contributed by atoms with E-state index in [0.29, 0.717) is 0 Å². The molecule has 28 heteroatoms. The fourth-order valence-corrected chi connectivity index (χ4v) is 7.93. The average molecular weight is 975 g/mol. The Balaban J connectivity index is 1.81. The Bertz CT molecular complexity index is 1940. The zero-order valence-electron chi connectivity index (χ0n) is 36.3. The van der Waals surface area contributed by atoms with Crippen molar-refractivity contribution in [2.24, 2.45) is 11.7 Å². The number of aromatic hydroxyl groups is 1. The molecule has 3 saturated heterocycles. The molecule has 3 fully saturated rings. The number of ether oxygens (including phenoxy) is 1. The van der Waals surface area contributed by atoms with Crippen LogP contribution in [0, 0.1) is 5.92 Å². The number of hydrogen-bond donors (Lipinski definition) is 14. The molecular formula is C39H58N8O19S. The van der Waals surface area contributed by atoms with Crippen molar-refractivity contribution >= 4 is 53.9 Å². The quantitative estimate of drug-likeness (QED) is 0.0272. The van der Waals surface area contributed by atoms with Crippen molar-refractivity contribution in [3.8, 4) is 11.5 Å². The third-order valence-electron chi connectivity index (χ3n) is 11.2. The van der Waals surface area contributed by atoms with Crippen molar-refractivity contribution in [1.29, 1.82) is 0 Å². The third kappa shape index (κ3) is 14.5. The molecule has 374 valence electrons. The molecule has 7 amide bonds. The number of β-amino-alcohol motifs (C(OH)–C–C–N with tert-alkyl or cyclic N) is 1. The predicted molar refractivity (Wildman–Crippen MR) is 227 cm³/mol. The minimum absolute atomic E-state index is 0.0744. The fourth-order valence-electron chi connectivity index (χ4n) is 7.67. The second-order valence-corrected chi connectivity index (χ2v) is 16.7. The molecule has 0 unspecified atom stereocenters. The molecule has 13 atom stereocenters. The maximum atomic E-state index is 14.6. The van der Waals surface area contributed by atoms with Gasteiger partial charge in [-0.2, -0.15) is 0 Å². The SMILES string of the molecule is C=CCOC(=O)NCC[C@@H](O)[C@@H]1NC(=O)[C@H]([C@H](O)Cc2ccc(O)c(OSOOO)c2)NC(=O)[C@@H]2C[C@H](O)CN2C(=O)[C@H]([C@H](C)O)NC(=O)[C@@H](N)C[C@H](O)CNC(=O)[C@@H]2[C@@H](O)[C@H](C)CN2C1=O. The monoisotopic (exact) mass is 974 g/mol. The molecule has 1 aromatic carbocycles. The Morgan fingerprint density at radius 2 is 1.60 bits per heavy atom. The summed E-state index contributed by atoms with van der Waals surface area (Å²) >= 11 is 0.0744. The van der Waals surface area contributed by atoms with Crippen LogP contribution in [0.2, 0.25) is 0 Å². The molecule has 1 aromatic rings. The van der Waals surface area contributed by atoms with E-state index in [1.165, 1.54) is 19.1 Å². The molecule has 4 rings (SSSR count). The Labute approximate surface area is 387 Å². The molecule has 15 N–H and O–H groups in total. The van der Waals surface area contributed by atoms with Crippen LogP contribution in [0.4, 0.5) is 4.79 Å². The number of benzene rings is 1. The van der Waals surface area contributed by atoms with E-state index < -0.39 is 165 Å². The van der Waals surface area contributed by atoms with Crippen molar-refractivity contribution in [3.05, 3.63) is 36.4 Å². The largest absolute Gasteiger partial charge is 0.504 e. The number of aliphatic hydroxyl groups excluding tert-OH is 6. The smallest absolute Gasteiger partial charge is 0.407 e. The van der Waals surface area contributed by atoms with Gasteiger partial charge in [0.15, 0.2) is 11.5 Å². The van der Waals surface area contributed by atoms with E-state index in [1.807, 2.05) is 0 Å². The van der Waals surface area contributed by atoms with Crippen LogP contribution in [-0.4, -0.2) is 198 Å². The highest BCUT2D eigenvalue weighted by molar-refractivity contribution is 7.90. The number of nitrogens with two attached hydrogens (primary N) is 1. The molecule has 0 aliphatic carbocycles. The first-order chi connectivity index (χ1) is 31.7. The second kappa shape index (κ2) is 25.1. The fraction of sp³-hybridized carbons (Fsp3) is 0.615. The number of rotatable bonds is 14. The number of amides is 7. The lowest BCUT2D eigenvalue weighted by Gasteiger charge is -2.34. The van der Waals surface area contributed by atoms with Crippen LogP contribution < -0.4 is 36.5 Å². The number of carbonyl (C=O) groups is 7. The Kier molecular flexibility index (Phi) is 20.3. The van der Waals surface area contributed by atoms with E-state index >= 15 is 0 Å². The lowest BCUT2D eigenvalue weighted by molar-refractivity contribution is -0.433. The summed E-state index contributed by atoms with van der Waals surface area (Å²) < 4.78 is 14.1. The van der Waals surface area contributed by atoms with Gasteiger partial charge in [-0.05, 0) is 37.5 Å². The van der Waals surface area contributed by atoms with Gasteiger partial charge in [-0.3, -0.25) is 28.8 Å². The number of phenols is 1. The van der Waals surface area contributed by atoms with Crippen molar-refractivity contribution in [2.45, 2.75) is 112 Å². The summed E-state index contributed by atoms with van der Waals surface area (Å²) in [5, 5.41) is 100. The van der Waals surface area contributed by atoms with E-state index in [2.05, 4.69) is 42.5 Å². The van der Waals surface area contributed by atoms with E-state index in [-0.39, 0.29) is 43.3 Å². The van der Waals surface area contributed by atoms with Gasteiger partial charge >= 0.3 is 6.09 Å². The molecule has 67 heavy (non-hydrogen) atoms. The Morgan fingerprint density at radius 1 is 0.925 bits per heavy atom. The maximum Gasteiger partial charge on any atom is 0.407 e. The summed E-state index contributed by atoms with van der Waals surface area (Å²) in [7, 11) is 0. The Morgan fingerprint density at radius 3 is 2.27 bits per heavy atom. The number of nitrogens with one attached hydrogen (secondary N) is 5. The molecule has 3 aliphatic heterocycles. The predicted octanol–water partition coefficient (Wildman–Crippen LogP) is -5.47. The second-order valence-electron chi connectivity index (χ2n) is 16.3. The van der Waals surface area contributed by atoms with Gasteiger partial charge in [0.2, 0.25) is 35.4 Å². The molecule has 0 radical (unpaired) electrons. The first-order valence-electron chi connectivity index (χ1n) is 21.0. The van der Waals surface area contributed by atoms with Gasteiger partial charge in [-0.25, -0.2) is 10.1 Å². The van der Waals surface area contributed by atoms with Crippen LogP contribution in [0.1, 0.15) is 38.7 Å². The number of nitrogens with zero attached hydrogens (tertiary/aromatic N) is 2. The maximum absolute atomic E-state index is 14.6. The summed E-state index contributed by atoms with van der Waals surface area (Å²) in [6, 6.07) is -7.26. The third-order valence-corrected chi connectivity index (χ3v) is 11.5. The van der Waals surface area contributed by atoms with Gasteiger partial charge in [0.25, 0.3) is 12.3 Å². The number of aliphatic hydroxyl groups is 6. The molecule has 3 heterocycles. The summed E-state index contributed by atoms with van der Waals surface area (Å²) in [6.45, 7) is 4.13. The van der Waals surface area contributed by atoms with Crippen molar-refractivity contribution in [2.75, 3.05) is 32.8 Å². The van der Waals surface area contributed by atoms with E-state index in [0.717, 1.165) is 28.9 Å². The van der Waals surface area contributed by atoms with Crippen LogP contribution in [0.5, 0.6) is 11.5 Å². The number of alkyl carbamates (subject to hydrolysis) is 1. The highest BCUT2D eigenvalue weighted by atomic mass is 32.2. The van der Waals surface area contributed by atoms with E-state index in [4.69, 9.17) is 19.9 Å². The molecule has 0 aromatic heterocycles. The highest BCUT2D eigenvalue weighted by Gasteiger charge is 2.49. The van der Waals surface area contributed by atoms with Gasteiger partial charge in [0, 0.05) is 44.9 Å². The van der Waals surface area contributed by atoms with Gasteiger partial charge < -0.3 is 86.8 Å². The van der Waals surface area contributed by atoms with Crippen LogP contribution in [0.15, 0.2) is 30.9 Å². The van der Waals surface area contributed by atoms with Crippen LogP contribution in [0.3, 0.4) is 0 Å². The van der Waals surface area contributed by atoms with Crippen molar-refractivity contribution in [3.63, 3.8) is 0 Å². The number of hydrogen-bond acceptors (Lipinski definition) is 21. The molecule has 27 nitrogen and oxygen atoms in total. The summed E-state index contributed by atoms with van der Waals surface area (Å²) in [5.41, 5.74) is 6.16. The summed E-state index contributed by atoms with van der Waals surface area (Å²) in [4.78, 5) is 98.1. The molecule has 0 bridgehead atoms. The highest BCUT2D eigenvalue weighted by Crippen LogP contribution is 2.31.